The average Bonchev–Trinajstić information content (AvgIpc) is 2.71. The fraction of sp³-hybridized carbons (Fsp3) is 0.909. The minimum atomic E-state index is 0.0131. The summed E-state index contributed by atoms with van der Waals surface area (Å²) in [4.78, 5) is 0. The molecule has 0 aromatic carbocycles. The van der Waals surface area contributed by atoms with Gasteiger partial charge in [0.15, 0.2) is 0 Å². The van der Waals surface area contributed by atoms with Crippen molar-refractivity contribution in [3.63, 3.8) is 0 Å². The molecule has 0 spiro atoms. The summed E-state index contributed by atoms with van der Waals surface area (Å²) in [6.07, 6.45) is 5.88. The number of unbranched alkanes of at least 4 members (excludes halogenated alkanes) is 1. The second kappa shape index (κ2) is 6.80. The Morgan fingerprint density at radius 1 is 1.64 bits per heavy atom. The van der Waals surface area contributed by atoms with Crippen molar-refractivity contribution in [3.8, 4) is 6.07 Å². The largest absolute Gasteiger partial charge is 0.377 e. The zero-order valence-corrected chi connectivity index (χ0v) is 8.96. The van der Waals surface area contributed by atoms with E-state index in [4.69, 9.17) is 10.00 Å². The smallest absolute Gasteiger partial charge is 0.0953 e. The summed E-state index contributed by atoms with van der Waals surface area (Å²) in [5, 5.41) is 12.1. The van der Waals surface area contributed by atoms with E-state index in [0.717, 1.165) is 38.8 Å². The van der Waals surface area contributed by atoms with Crippen molar-refractivity contribution < 1.29 is 4.74 Å². The summed E-state index contributed by atoms with van der Waals surface area (Å²) in [7, 11) is 0. The molecule has 0 radical (unpaired) electrons. The molecule has 1 fully saturated rings. The molecule has 0 saturated carbocycles. The van der Waals surface area contributed by atoms with Crippen molar-refractivity contribution in [1.82, 2.24) is 5.32 Å². The van der Waals surface area contributed by atoms with Crippen LogP contribution < -0.4 is 5.32 Å². The van der Waals surface area contributed by atoms with Crippen LogP contribution in [-0.4, -0.2) is 25.3 Å². The van der Waals surface area contributed by atoms with Crippen LogP contribution in [-0.2, 0) is 4.74 Å². The molecule has 0 bridgehead atoms. The molecule has 2 atom stereocenters. The topological polar surface area (TPSA) is 45.0 Å². The van der Waals surface area contributed by atoms with Crippen molar-refractivity contribution in [2.24, 2.45) is 0 Å². The van der Waals surface area contributed by atoms with Crippen LogP contribution in [0.5, 0.6) is 0 Å². The number of hydrogen-bond acceptors (Lipinski definition) is 3. The van der Waals surface area contributed by atoms with E-state index in [2.05, 4.69) is 18.3 Å². The van der Waals surface area contributed by atoms with Gasteiger partial charge in [0.25, 0.3) is 0 Å². The third-order valence-corrected chi connectivity index (χ3v) is 2.62. The van der Waals surface area contributed by atoms with Gasteiger partial charge in [-0.3, -0.25) is 5.32 Å². The van der Waals surface area contributed by atoms with Crippen molar-refractivity contribution >= 4 is 0 Å². The minimum absolute atomic E-state index is 0.0131. The molecule has 0 aromatic heterocycles. The Balaban J connectivity index is 2.10. The number of nitriles is 1. The molecule has 14 heavy (non-hydrogen) atoms. The first-order chi connectivity index (χ1) is 6.86. The van der Waals surface area contributed by atoms with Crippen LogP contribution in [0.3, 0.4) is 0 Å². The van der Waals surface area contributed by atoms with Crippen LogP contribution in [0.2, 0.25) is 0 Å². The van der Waals surface area contributed by atoms with Crippen molar-refractivity contribution in [2.75, 3.05) is 13.2 Å². The van der Waals surface area contributed by atoms with Crippen LogP contribution in [0.25, 0.3) is 0 Å². The van der Waals surface area contributed by atoms with Gasteiger partial charge in [-0.15, -0.1) is 0 Å². The maximum atomic E-state index is 8.87. The molecule has 3 nitrogen and oxygen atoms in total. The van der Waals surface area contributed by atoms with Gasteiger partial charge in [-0.2, -0.15) is 5.26 Å². The predicted octanol–water partition coefficient (Wildman–Crippen LogP) is 1.84. The molecule has 1 saturated heterocycles. The van der Waals surface area contributed by atoms with Gasteiger partial charge in [0.1, 0.15) is 0 Å². The Morgan fingerprint density at radius 3 is 3.07 bits per heavy atom. The van der Waals surface area contributed by atoms with Crippen LogP contribution in [0.1, 0.15) is 39.0 Å². The highest BCUT2D eigenvalue weighted by Crippen LogP contribution is 2.11. The Labute approximate surface area is 86.4 Å². The molecule has 80 valence electrons. The Morgan fingerprint density at radius 2 is 2.50 bits per heavy atom. The van der Waals surface area contributed by atoms with Crippen molar-refractivity contribution in [1.29, 1.82) is 5.26 Å². The molecule has 1 N–H and O–H groups in total. The van der Waals surface area contributed by atoms with Crippen LogP contribution in [0.4, 0.5) is 0 Å². The highest BCUT2D eigenvalue weighted by atomic mass is 16.5. The van der Waals surface area contributed by atoms with Gasteiger partial charge in [-0.1, -0.05) is 19.8 Å². The lowest BCUT2D eigenvalue weighted by Gasteiger charge is -2.14. The molecule has 3 heteroatoms. The monoisotopic (exact) mass is 196 g/mol. The Hall–Kier alpha value is -0.590. The lowest BCUT2D eigenvalue weighted by molar-refractivity contribution is 0.108. The van der Waals surface area contributed by atoms with Crippen molar-refractivity contribution in [2.45, 2.75) is 51.2 Å². The molecule has 0 aromatic rings. The molecule has 0 aliphatic carbocycles. The van der Waals surface area contributed by atoms with Crippen LogP contribution in [0, 0.1) is 11.3 Å². The highest BCUT2D eigenvalue weighted by molar-refractivity contribution is 4.90. The van der Waals surface area contributed by atoms with Gasteiger partial charge < -0.3 is 4.74 Å². The normalized spacial score (nSPS) is 23.3. The second-order valence-electron chi connectivity index (χ2n) is 3.87. The standard InChI is InChI=1S/C11H20N2O/c1-2-3-5-10(8-12)13-9-11-6-4-7-14-11/h10-11,13H,2-7,9H2,1H3. The first kappa shape index (κ1) is 11.5. The van der Waals surface area contributed by atoms with Crippen LogP contribution in [0.15, 0.2) is 0 Å². The molecular weight excluding hydrogens is 176 g/mol. The van der Waals surface area contributed by atoms with Gasteiger partial charge in [0.05, 0.1) is 18.2 Å². The first-order valence-corrected chi connectivity index (χ1v) is 5.61. The van der Waals surface area contributed by atoms with E-state index < -0.39 is 0 Å². The molecule has 1 rings (SSSR count). The second-order valence-corrected chi connectivity index (χ2v) is 3.87. The van der Waals surface area contributed by atoms with E-state index in [0.29, 0.717) is 6.10 Å². The summed E-state index contributed by atoms with van der Waals surface area (Å²) < 4.78 is 5.48. The van der Waals surface area contributed by atoms with Gasteiger partial charge in [-0.25, -0.2) is 0 Å². The molecule has 0 amide bonds. The zero-order valence-electron chi connectivity index (χ0n) is 8.96. The molecule has 1 aliphatic heterocycles. The number of ether oxygens (including phenoxy) is 1. The summed E-state index contributed by atoms with van der Waals surface area (Å²) in [5.41, 5.74) is 0. The maximum absolute atomic E-state index is 8.87. The average molecular weight is 196 g/mol. The molecular formula is C11H20N2O. The SMILES string of the molecule is CCCCC(C#N)NCC1CCCO1. The van der Waals surface area contributed by atoms with Gasteiger partial charge in [0, 0.05) is 13.2 Å². The first-order valence-electron chi connectivity index (χ1n) is 5.61. The van der Waals surface area contributed by atoms with E-state index >= 15 is 0 Å². The summed E-state index contributed by atoms with van der Waals surface area (Å²) in [6, 6.07) is 2.31. The fourth-order valence-electron chi connectivity index (χ4n) is 1.70. The Bertz CT molecular complexity index is 182. The molecule has 2 unspecified atom stereocenters. The highest BCUT2D eigenvalue weighted by Gasteiger charge is 2.16. The number of nitrogens with zero attached hydrogens (tertiary/aromatic N) is 1. The number of hydrogen-bond donors (Lipinski definition) is 1. The quantitative estimate of drug-likeness (QED) is 0.705. The maximum Gasteiger partial charge on any atom is 0.0953 e. The van der Waals surface area contributed by atoms with E-state index in [1.54, 1.807) is 0 Å². The summed E-state index contributed by atoms with van der Waals surface area (Å²) >= 11 is 0. The summed E-state index contributed by atoms with van der Waals surface area (Å²) in [6.45, 7) is 3.87. The minimum Gasteiger partial charge on any atom is -0.377 e. The molecule has 1 heterocycles. The third kappa shape index (κ3) is 4.08. The molecule has 1 aliphatic rings. The predicted molar refractivity (Wildman–Crippen MR) is 55.9 cm³/mol. The fourth-order valence-corrected chi connectivity index (χ4v) is 1.70. The zero-order chi connectivity index (χ0) is 10.2. The lowest BCUT2D eigenvalue weighted by Crippen LogP contribution is -2.34. The van der Waals surface area contributed by atoms with E-state index in [1.807, 2.05) is 0 Å². The lowest BCUT2D eigenvalue weighted by atomic mass is 10.1. The van der Waals surface area contributed by atoms with Gasteiger partial charge in [0.2, 0.25) is 0 Å². The summed E-state index contributed by atoms with van der Waals surface area (Å²) in [5.74, 6) is 0. The Kier molecular flexibility index (Phi) is 5.58. The van der Waals surface area contributed by atoms with E-state index in [9.17, 15) is 0 Å². The van der Waals surface area contributed by atoms with Crippen LogP contribution >= 0.6 is 0 Å². The van der Waals surface area contributed by atoms with Crippen molar-refractivity contribution in [3.05, 3.63) is 0 Å². The van der Waals surface area contributed by atoms with E-state index in [1.165, 1.54) is 6.42 Å². The number of nitrogens with one attached hydrogen (secondary N) is 1. The number of rotatable bonds is 6. The van der Waals surface area contributed by atoms with Gasteiger partial charge in [-0.05, 0) is 19.3 Å². The third-order valence-electron chi connectivity index (χ3n) is 2.62. The van der Waals surface area contributed by atoms with Gasteiger partial charge >= 0.3 is 0 Å². The van der Waals surface area contributed by atoms with E-state index in [-0.39, 0.29) is 6.04 Å².